The van der Waals surface area contributed by atoms with Crippen LogP contribution in [0.3, 0.4) is 0 Å². The smallest absolute Gasteiger partial charge is 1.00 e. The third-order valence-corrected chi connectivity index (χ3v) is 0.989. The molecule has 54 valence electrons. The van der Waals surface area contributed by atoms with Gasteiger partial charge < -0.3 is 11.6 Å². The van der Waals surface area contributed by atoms with E-state index in [1.165, 1.54) is 18.3 Å². The number of pyridine rings is 1. The van der Waals surface area contributed by atoms with E-state index in [0.717, 1.165) is 0 Å². The number of aromatic nitrogens is 1. The first-order valence-corrected chi connectivity index (χ1v) is 2.59. The largest absolute Gasteiger partial charge is 1.00 e. The van der Waals surface area contributed by atoms with Crippen LogP contribution < -0.4 is 29.6 Å². The zero-order valence-corrected chi connectivity index (χ0v) is 7.98. The Morgan fingerprint density at radius 2 is 2.27 bits per heavy atom. The fourth-order valence-corrected chi connectivity index (χ4v) is 0.562. The van der Waals surface area contributed by atoms with E-state index < -0.39 is 5.97 Å². The van der Waals surface area contributed by atoms with Crippen molar-refractivity contribution in [3.63, 3.8) is 0 Å². The van der Waals surface area contributed by atoms with Gasteiger partial charge >= 0.3 is 35.5 Å². The van der Waals surface area contributed by atoms with E-state index in [2.05, 4.69) is 4.98 Å². The maximum Gasteiger partial charge on any atom is 1.00 e. The summed E-state index contributed by atoms with van der Waals surface area (Å²) >= 11 is 0. The summed E-state index contributed by atoms with van der Waals surface area (Å²) in [6.07, 6.45) is 1.31. The van der Waals surface area contributed by atoms with E-state index in [4.69, 9.17) is 10.2 Å². The Balaban J connectivity index is 0. The SMILES string of the molecule is O=C(O)c1ncccc1O.[H-].[Na+]. The van der Waals surface area contributed by atoms with Crippen LogP contribution in [0, 0.1) is 0 Å². The van der Waals surface area contributed by atoms with Gasteiger partial charge in [-0.3, -0.25) is 0 Å². The molecule has 5 heteroatoms. The van der Waals surface area contributed by atoms with E-state index in [9.17, 15) is 4.79 Å². The molecule has 0 aliphatic heterocycles. The number of nitrogens with zero attached hydrogens (tertiary/aromatic N) is 1. The first-order valence-electron chi connectivity index (χ1n) is 2.59. The Hall–Kier alpha value is -0.580. The molecule has 0 atom stereocenters. The van der Waals surface area contributed by atoms with Crippen molar-refractivity contribution in [1.29, 1.82) is 0 Å². The summed E-state index contributed by atoms with van der Waals surface area (Å²) in [5.74, 6) is -1.53. The minimum atomic E-state index is -1.22. The number of carboxylic acids is 1. The van der Waals surface area contributed by atoms with E-state index in [1.54, 1.807) is 0 Å². The number of carbonyl (C=O) groups is 1. The number of aromatic hydroxyl groups is 1. The Morgan fingerprint density at radius 1 is 1.64 bits per heavy atom. The Morgan fingerprint density at radius 3 is 2.64 bits per heavy atom. The van der Waals surface area contributed by atoms with Crippen molar-refractivity contribution in [3.8, 4) is 5.75 Å². The van der Waals surface area contributed by atoms with Gasteiger partial charge in [-0.25, -0.2) is 9.78 Å². The van der Waals surface area contributed by atoms with Crippen molar-refractivity contribution in [2.24, 2.45) is 0 Å². The predicted molar refractivity (Wildman–Crippen MR) is 34.0 cm³/mol. The summed E-state index contributed by atoms with van der Waals surface area (Å²) in [4.78, 5) is 13.6. The average Bonchev–Trinajstić information content (AvgIpc) is 1.88. The number of hydrogen-bond acceptors (Lipinski definition) is 3. The molecule has 0 saturated carbocycles. The number of hydrogen-bond donors (Lipinski definition) is 2. The van der Waals surface area contributed by atoms with Crippen LogP contribution in [0.25, 0.3) is 0 Å². The van der Waals surface area contributed by atoms with Crippen molar-refractivity contribution < 1.29 is 46.0 Å². The number of carboxylic acid groups (broad SMARTS) is 1. The molecule has 1 aromatic heterocycles. The quantitative estimate of drug-likeness (QED) is 0.453. The minimum Gasteiger partial charge on any atom is -1.00 e. The molecular formula is C6H6NNaO3. The molecule has 0 amide bonds. The van der Waals surface area contributed by atoms with Crippen LogP contribution in [0.15, 0.2) is 18.3 Å². The normalized spacial score (nSPS) is 8.36. The van der Waals surface area contributed by atoms with E-state index in [0.29, 0.717) is 0 Å². The van der Waals surface area contributed by atoms with Gasteiger partial charge in [0.25, 0.3) is 0 Å². The molecule has 1 rings (SSSR count). The molecule has 0 radical (unpaired) electrons. The van der Waals surface area contributed by atoms with Crippen LogP contribution in [0.2, 0.25) is 0 Å². The molecule has 0 fully saturated rings. The summed E-state index contributed by atoms with van der Waals surface area (Å²) < 4.78 is 0. The number of rotatable bonds is 1. The summed E-state index contributed by atoms with van der Waals surface area (Å²) in [6.45, 7) is 0. The Bertz CT molecular complexity index is 269. The van der Waals surface area contributed by atoms with Gasteiger partial charge in [-0.2, -0.15) is 0 Å². The van der Waals surface area contributed by atoms with E-state index in [-0.39, 0.29) is 42.4 Å². The summed E-state index contributed by atoms with van der Waals surface area (Å²) in [5.41, 5.74) is -0.317. The maximum absolute atomic E-state index is 10.2. The first-order chi connectivity index (χ1) is 4.72. The third kappa shape index (κ3) is 2.49. The molecule has 0 aliphatic rings. The molecule has 0 aliphatic carbocycles. The monoisotopic (exact) mass is 163 g/mol. The van der Waals surface area contributed by atoms with Gasteiger partial charge in [-0.15, -0.1) is 0 Å². The molecule has 0 unspecified atom stereocenters. The third-order valence-electron chi connectivity index (χ3n) is 0.989. The molecule has 0 bridgehead atoms. The molecule has 1 aromatic rings. The predicted octanol–water partition coefficient (Wildman–Crippen LogP) is -2.40. The second-order valence-electron chi connectivity index (χ2n) is 1.68. The fraction of sp³-hybridized carbons (Fsp3) is 0. The fourth-order valence-electron chi connectivity index (χ4n) is 0.562. The van der Waals surface area contributed by atoms with Gasteiger partial charge in [0, 0.05) is 6.20 Å². The van der Waals surface area contributed by atoms with Gasteiger partial charge in [0.1, 0.15) is 5.75 Å². The molecule has 0 spiro atoms. The van der Waals surface area contributed by atoms with E-state index in [1.807, 2.05) is 0 Å². The van der Waals surface area contributed by atoms with Crippen molar-refractivity contribution in [1.82, 2.24) is 4.98 Å². The van der Waals surface area contributed by atoms with Crippen LogP contribution >= 0.6 is 0 Å². The molecule has 2 N–H and O–H groups in total. The zero-order valence-electron chi connectivity index (χ0n) is 6.98. The average molecular weight is 163 g/mol. The summed E-state index contributed by atoms with van der Waals surface area (Å²) in [7, 11) is 0. The Labute approximate surface area is 86.7 Å². The van der Waals surface area contributed by atoms with Crippen LogP contribution in [0.1, 0.15) is 11.9 Å². The maximum atomic E-state index is 10.2. The van der Waals surface area contributed by atoms with Crippen LogP contribution in [0.4, 0.5) is 0 Å². The molecule has 11 heavy (non-hydrogen) atoms. The number of aromatic carboxylic acids is 1. The van der Waals surface area contributed by atoms with Crippen LogP contribution in [0.5, 0.6) is 5.75 Å². The van der Waals surface area contributed by atoms with E-state index >= 15 is 0 Å². The topological polar surface area (TPSA) is 70.4 Å². The summed E-state index contributed by atoms with van der Waals surface area (Å²) in [6, 6.07) is 2.73. The zero-order chi connectivity index (χ0) is 7.56. The van der Waals surface area contributed by atoms with Crippen molar-refractivity contribution >= 4 is 5.97 Å². The van der Waals surface area contributed by atoms with Gasteiger partial charge in [0.05, 0.1) is 0 Å². The second-order valence-corrected chi connectivity index (χ2v) is 1.68. The van der Waals surface area contributed by atoms with Crippen molar-refractivity contribution in [2.75, 3.05) is 0 Å². The van der Waals surface area contributed by atoms with Crippen LogP contribution in [-0.2, 0) is 0 Å². The van der Waals surface area contributed by atoms with Gasteiger partial charge in [-0.05, 0) is 12.1 Å². The standard InChI is InChI=1S/C6H5NO3.Na.H/c8-4-2-1-3-7-5(4)6(9)10;;/h1-3,8H,(H,9,10);;/q;+1;-1. The molecule has 1 heterocycles. The molecule has 0 saturated heterocycles. The van der Waals surface area contributed by atoms with Crippen LogP contribution in [-0.4, -0.2) is 21.2 Å². The molecule has 0 aromatic carbocycles. The van der Waals surface area contributed by atoms with Crippen molar-refractivity contribution in [2.45, 2.75) is 0 Å². The summed E-state index contributed by atoms with van der Waals surface area (Å²) in [5, 5.41) is 17.2. The second kappa shape index (κ2) is 4.33. The molecular weight excluding hydrogens is 157 g/mol. The van der Waals surface area contributed by atoms with Crippen molar-refractivity contribution in [3.05, 3.63) is 24.0 Å². The molecule has 4 nitrogen and oxygen atoms in total. The Kier molecular flexibility index (Phi) is 4.10. The van der Waals surface area contributed by atoms with Gasteiger partial charge in [0.15, 0.2) is 5.69 Å². The van der Waals surface area contributed by atoms with Gasteiger partial charge in [-0.1, -0.05) is 0 Å². The minimum absolute atomic E-state index is 0. The van der Waals surface area contributed by atoms with Gasteiger partial charge in [0.2, 0.25) is 0 Å². The first kappa shape index (κ1) is 10.4.